The van der Waals surface area contributed by atoms with Crippen molar-refractivity contribution in [2.24, 2.45) is 17.3 Å². The van der Waals surface area contributed by atoms with Crippen LogP contribution in [0.1, 0.15) is 93.6 Å². The third-order valence-electron chi connectivity index (χ3n) is 7.94. The van der Waals surface area contributed by atoms with Crippen LogP contribution < -0.4 is 10.2 Å². The van der Waals surface area contributed by atoms with Gasteiger partial charge < -0.3 is 25.0 Å². The van der Waals surface area contributed by atoms with E-state index >= 15 is 0 Å². The first-order valence-corrected chi connectivity index (χ1v) is 15.2. The van der Waals surface area contributed by atoms with Gasteiger partial charge in [0.05, 0.1) is 10.6 Å². The highest BCUT2D eigenvalue weighted by Crippen LogP contribution is 2.38. The Morgan fingerprint density at radius 3 is 2.38 bits per heavy atom. The normalized spacial score (nSPS) is 24.4. The van der Waals surface area contributed by atoms with E-state index in [0.29, 0.717) is 49.0 Å². The minimum absolute atomic E-state index is 0.00633. The molecule has 0 unspecified atom stereocenters. The zero-order chi connectivity index (χ0) is 28.2. The van der Waals surface area contributed by atoms with Gasteiger partial charge in [-0.3, -0.25) is 4.79 Å². The van der Waals surface area contributed by atoms with Gasteiger partial charge in [-0.25, -0.2) is 9.59 Å². The molecule has 2 aliphatic heterocycles. The van der Waals surface area contributed by atoms with E-state index in [1.807, 2.05) is 20.8 Å². The molecule has 8 nitrogen and oxygen atoms in total. The monoisotopic (exact) mass is 557 g/mol. The van der Waals surface area contributed by atoms with Crippen LogP contribution in [-0.4, -0.2) is 66.3 Å². The molecule has 1 aromatic heterocycles. The number of carboxylic acids is 1. The van der Waals surface area contributed by atoms with Gasteiger partial charge in [-0.1, -0.05) is 18.8 Å². The molecule has 1 saturated carbocycles. The van der Waals surface area contributed by atoms with Crippen molar-refractivity contribution in [1.29, 1.82) is 0 Å². The Hall–Kier alpha value is -2.57. The molecule has 0 bridgehead atoms. The number of nitrogens with one attached hydrogen (secondary N) is 1. The van der Waals surface area contributed by atoms with Crippen LogP contribution in [0.15, 0.2) is 6.07 Å². The van der Waals surface area contributed by atoms with Gasteiger partial charge in [-0.05, 0) is 90.7 Å². The predicted molar refractivity (Wildman–Crippen MR) is 153 cm³/mol. The third kappa shape index (κ3) is 7.76. The first-order chi connectivity index (χ1) is 18.5. The maximum Gasteiger partial charge on any atom is 0.410 e. The number of carbonyl (C=O) groups excluding carboxylic acids is 2. The highest BCUT2D eigenvalue weighted by molar-refractivity contribution is 7.15. The van der Waals surface area contributed by atoms with Crippen LogP contribution in [0.3, 0.4) is 0 Å². The summed E-state index contributed by atoms with van der Waals surface area (Å²) in [6, 6.07) is 1.60. The zero-order valence-electron chi connectivity index (χ0n) is 23.8. The Bertz CT molecular complexity index is 1090. The zero-order valence-corrected chi connectivity index (χ0v) is 24.6. The summed E-state index contributed by atoms with van der Waals surface area (Å²) >= 11 is 1.13. The van der Waals surface area contributed by atoms with Crippen molar-refractivity contribution >= 4 is 35.0 Å². The first-order valence-electron chi connectivity index (χ1n) is 14.4. The minimum atomic E-state index is -1.05. The molecule has 0 aromatic carbocycles. The van der Waals surface area contributed by atoms with Crippen LogP contribution in [0.4, 0.5) is 10.5 Å². The van der Waals surface area contributed by atoms with Crippen LogP contribution in [0, 0.1) is 29.1 Å². The Balaban J connectivity index is 1.56. The number of likely N-dealkylation sites (tertiary alicyclic amines) is 1. The number of amides is 2. The van der Waals surface area contributed by atoms with Crippen molar-refractivity contribution in [3.8, 4) is 11.8 Å². The minimum Gasteiger partial charge on any atom is -0.477 e. The fourth-order valence-corrected chi connectivity index (χ4v) is 6.51. The summed E-state index contributed by atoms with van der Waals surface area (Å²) in [6.07, 6.45) is 6.25. The van der Waals surface area contributed by atoms with Gasteiger partial charge in [-0.15, -0.1) is 11.3 Å². The fourth-order valence-electron chi connectivity index (χ4n) is 5.67. The number of hydrogen-bond acceptors (Lipinski definition) is 6. The number of rotatable bonds is 5. The van der Waals surface area contributed by atoms with Crippen molar-refractivity contribution in [2.75, 3.05) is 31.1 Å². The summed E-state index contributed by atoms with van der Waals surface area (Å²) in [5.74, 6) is 5.77. The van der Waals surface area contributed by atoms with Crippen molar-refractivity contribution in [1.82, 2.24) is 10.2 Å². The summed E-state index contributed by atoms with van der Waals surface area (Å²) in [4.78, 5) is 43.5. The Morgan fingerprint density at radius 2 is 1.79 bits per heavy atom. The summed E-state index contributed by atoms with van der Waals surface area (Å²) in [5.41, 5.74) is 0.223. The molecule has 0 radical (unpaired) electrons. The maximum absolute atomic E-state index is 14.1. The van der Waals surface area contributed by atoms with E-state index in [2.05, 4.69) is 24.1 Å². The summed E-state index contributed by atoms with van der Waals surface area (Å²) < 4.78 is 5.72. The summed E-state index contributed by atoms with van der Waals surface area (Å²) in [7, 11) is 0. The second kappa shape index (κ2) is 12.7. The van der Waals surface area contributed by atoms with Crippen molar-refractivity contribution in [3.63, 3.8) is 0 Å². The van der Waals surface area contributed by atoms with E-state index in [1.165, 1.54) is 0 Å². The van der Waals surface area contributed by atoms with Crippen LogP contribution in [-0.2, 0) is 9.53 Å². The molecule has 2 N–H and O–H groups in total. The van der Waals surface area contributed by atoms with Crippen molar-refractivity contribution < 1.29 is 24.2 Å². The second-order valence-corrected chi connectivity index (χ2v) is 13.4. The van der Waals surface area contributed by atoms with Crippen LogP contribution in [0.25, 0.3) is 0 Å². The van der Waals surface area contributed by atoms with Crippen molar-refractivity contribution in [2.45, 2.75) is 91.2 Å². The molecule has 3 fully saturated rings. The lowest BCUT2D eigenvalue weighted by Gasteiger charge is -2.40. The number of nitrogens with zero attached hydrogens (tertiary/aromatic N) is 2. The average Bonchev–Trinajstić information content (AvgIpc) is 3.33. The lowest BCUT2D eigenvalue weighted by molar-refractivity contribution is -0.124. The van der Waals surface area contributed by atoms with Crippen LogP contribution in [0.2, 0.25) is 0 Å². The molecule has 1 aromatic rings. The molecule has 9 heteroatoms. The van der Waals surface area contributed by atoms with Crippen LogP contribution >= 0.6 is 11.3 Å². The number of carboxylic acid groups (broad SMARTS) is 1. The molecule has 2 saturated heterocycles. The second-order valence-electron chi connectivity index (χ2n) is 12.4. The lowest BCUT2D eigenvalue weighted by Crippen LogP contribution is -2.51. The number of aromatic carboxylic acids is 1. The number of hydrogen-bond donors (Lipinski definition) is 2. The number of piperidine rings is 2. The molecule has 214 valence electrons. The van der Waals surface area contributed by atoms with Gasteiger partial charge in [0.2, 0.25) is 5.91 Å². The van der Waals surface area contributed by atoms with Crippen LogP contribution in [0.5, 0.6) is 0 Å². The van der Waals surface area contributed by atoms with E-state index in [4.69, 9.17) is 4.74 Å². The van der Waals surface area contributed by atoms with Crippen molar-refractivity contribution in [3.05, 3.63) is 15.8 Å². The molecular weight excluding hydrogens is 514 g/mol. The molecule has 0 spiro atoms. The van der Waals surface area contributed by atoms with Gasteiger partial charge in [-0.2, -0.15) is 0 Å². The molecule has 3 heterocycles. The van der Waals surface area contributed by atoms with E-state index in [0.717, 1.165) is 56.4 Å². The predicted octanol–water partition coefficient (Wildman–Crippen LogP) is 5.36. The number of carbonyl (C=O) groups is 3. The molecule has 1 aliphatic carbocycles. The fraction of sp³-hybridized carbons (Fsp3) is 0.700. The van der Waals surface area contributed by atoms with Gasteiger partial charge in [0, 0.05) is 37.0 Å². The Kier molecular flexibility index (Phi) is 9.60. The topological polar surface area (TPSA) is 99.2 Å². The van der Waals surface area contributed by atoms with E-state index < -0.39 is 5.97 Å². The van der Waals surface area contributed by atoms with Gasteiger partial charge >= 0.3 is 12.1 Å². The highest BCUT2D eigenvalue weighted by Gasteiger charge is 2.38. The summed E-state index contributed by atoms with van der Waals surface area (Å²) in [6.45, 7) is 10.8. The van der Waals surface area contributed by atoms with E-state index in [1.54, 1.807) is 15.9 Å². The molecule has 39 heavy (non-hydrogen) atoms. The largest absolute Gasteiger partial charge is 0.477 e. The maximum atomic E-state index is 14.1. The first kappa shape index (κ1) is 29.4. The molecular formula is C30H43N3O5S. The summed E-state index contributed by atoms with van der Waals surface area (Å²) in [5, 5.41) is 13.4. The van der Waals surface area contributed by atoms with E-state index in [-0.39, 0.29) is 40.4 Å². The molecule has 4 rings (SSSR count). The molecule has 2 amide bonds. The SMILES string of the molecule is CC(C)(C)C#Cc1cc(N(C(=O)[C@H]2CC[C@H](C)CC2)C2CCN(C(=O)O[C@@H]3CCCNC3)CC2)c(C(=O)O)s1. The quantitative estimate of drug-likeness (QED) is 0.473. The Labute approximate surface area is 236 Å². The number of thiophene rings is 1. The van der Waals surface area contributed by atoms with Gasteiger partial charge in [0.15, 0.2) is 0 Å². The highest BCUT2D eigenvalue weighted by atomic mass is 32.1. The third-order valence-corrected chi connectivity index (χ3v) is 8.96. The standard InChI is InChI=1S/C30H43N3O5S/c1-20-7-9-21(10-8-20)27(34)33(25-18-24(11-14-30(2,3)4)39-26(25)28(35)36)22-12-16-32(17-13-22)29(37)38-23-6-5-15-31-19-23/h18,20-23,31H,5-10,12-13,15-17,19H2,1-4H3,(H,35,36)/t20-,21-,23-/m1/s1. The Morgan fingerprint density at radius 1 is 1.10 bits per heavy atom. The average molecular weight is 558 g/mol. The smallest absolute Gasteiger partial charge is 0.410 e. The molecule has 1 atom stereocenters. The van der Waals surface area contributed by atoms with E-state index in [9.17, 15) is 19.5 Å². The van der Waals surface area contributed by atoms with Gasteiger partial charge in [0.1, 0.15) is 11.0 Å². The van der Waals surface area contributed by atoms with Gasteiger partial charge in [0.25, 0.3) is 0 Å². The lowest BCUT2D eigenvalue weighted by atomic mass is 9.82. The number of anilines is 1. The number of ether oxygens (including phenoxy) is 1. The molecule has 3 aliphatic rings.